The minimum atomic E-state index is -3.15. The van der Waals surface area contributed by atoms with E-state index >= 15 is 0 Å². The number of hydrogen-bond acceptors (Lipinski definition) is 15. The highest BCUT2D eigenvalue weighted by Gasteiger charge is 2.28. The monoisotopic (exact) mass is 1140 g/mol. The van der Waals surface area contributed by atoms with Gasteiger partial charge in [0.2, 0.25) is 5.95 Å². The summed E-state index contributed by atoms with van der Waals surface area (Å²) in [5.41, 5.74) is 24.1. The van der Waals surface area contributed by atoms with E-state index in [-0.39, 0.29) is 88.9 Å². The number of anilines is 2. The normalized spacial score (nSPS) is 14.3. The maximum atomic E-state index is 12.3. The van der Waals surface area contributed by atoms with Crippen LogP contribution in [0.15, 0.2) is 48.7 Å². The maximum Gasteiger partial charge on any atom is 0.305 e. The van der Waals surface area contributed by atoms with Crippen LogP contribution in [0.4, 0.5) is 11.9 Å². The second-order valence-electron chi connectivity index (χ2n) is 23.2. The number of rotatable bonds is 33. The predicted octanol–water partition coefficient (Wildman–Crippen LogP) is 6.33. The van der Waals surface area contributed by atoms with Gasteiger partial charge in [0.25, 0.3) is 13.5 Å². The van der Waals surface area contributed by atoms with Crippen molar-refractivity contribution >= 4 is 59.6 Å². The number of imidazole rings is 2. The van der Waals surface area contributed by atoms with E-state index in [0.29, 0.717) is 62.3 Å². The lowest BCUT2D eigenvalue weighted by molar-refractivity contribution is -0.464. The zero-order valence-corrected chi connectivity index (χ0v) is 52.4. The fraction of sp³-hybridized carbons (Fsp3) is 0.702. The number of aliphatic hydroxyl groups excluding tert-OH is 1. The minimum Gasteiger partial charge on any atom is -0.491 e. The number of ketones is 4. The van der Waals surface area contributed by atoms with E-state index in [1.54, 1.807) is 16.4 Å². The number of benzene rings is 1. The van der Waals surface area contributed by atoms with Crippen molar-refractivity contribution < 1.29 is 34.2 Å². The molecule has 0 spiro atoms. The van der Waals surface area contributed by atoms with E-state index in [9.17, 15) is 28.8 Å². The average molecular weight is 1140 g/mol. The van der Waals surface area contributed by atoms with Gasteiger partial charge >= 0.3 is 5.96 Å². The van der Waals surface area contributed by atoms with Crippen LogP contribution in [-0.2, 0) is 36.8 Å². The van der Waals surface area contributed by atoms with E-state index in [4.69, 9.17) is 27.9 Å². The topological polar surface area (TPSA) is 349 Å². The van der Waals surface area contributed by atoms with Gasteiger partial charge in [0, 0.05) is 86.4 Å². The number of carbonyl (C=O) groups is 4. The molecule has 22 nitrogen and oxygen atoms in total. The molecule has 0 fully saturated rings. The Morgan fingerprint density at radius 2 is 1.01 bits per heavy atom. The van der Waals surface area contributed by atoms with Crippen molar-refractivity contribution in [3.8, 4) is 0 Å². The molecule has 456 valence electrons. The van der Waals surface area contributed by atoms with Gasteiger partial charge in [-0.05, 0) is 63.5 Å². The number of nitrogen functional groups attached to an aromatic ring is 2. The van der Waals surface area contributed by atoms with Crippen LogP contribution >= 0.6 is 7.59 Å². The highest BCUT2D eigenvalue weighted by molar-refractivity contribution is 7.56. The molecular formula is C57H108N16O6P+. The lowest BCUT2D eigenvalue weighted by Gasteiger charge is -2.23. The number of hydrogen-bond donors (Lipinski definition) is 12. The van der Waals surface area contributed by atoms with Gasteiger partial charge in [-0.3, -0.25) is 40.1 Å². The summed E-state index contributed by atoms with van der Waals surface area (Å²) in [6, 6.07) is 8.59. The Balaban J connectivity index is 0.000000536. The third kappa shape index (κ3) is 28.7. The molecule has 0 saturated carbocycles. The lowest BCUT2D eigenvalue weighted by Crippen LogP contribution is -2.82. The fourth-order valence-electron chi connectivity index (χ4n) is 8.93. The Morgan fingerprint density at radius 3 is 1.38 bits per heavy atom. The average Bonchev–Trinajstić information content (AvgIpc) is 4.03. The number of guanidine groups is 1. The molecular weight excluding hydrogens is 1040 g/mol. The zero-order chi connectivity index (χ0) is 61.0. The molecule has 1 aliphatic rings. The van der Waals surface area contributed by atoms with Crippen LogP contribution in [0.5, 0.6) is 0 Å². The van der Waals surface area contributed by atoms with Crippen LogP contribution in [0.3, 0.4) is 0 Å². The Labute approximate surface area is 479 Å². The highest BCUT2D eigenvalue weighted by atomic mass is 31.2. The molecule has 1 aliphatic heterocycles. The molecule has 0 aliphatic carbocycles. The second kappa shape index (κ2) is 37.3. The summed E-state index contributed by atoms with van der Waals surface area (Å²) in [5.74, 6) is 2.59. The number of carbonyl (C=O) groups excluding carboxylic acids is 4. The lowest BCUT2D eigenvalue weighted by atomic mass is 9.97. The van der Waals surface area contributed by atoms with E-state index in [2.05, 4.69) is 64.0 Å². The molecule has 0 bridgehead atoms. The van der Waals surface area contributed by atoms with Crippen molar-refractivity contribution in [1.29, 1.82) is 5.41 Å². The molecule has 3 aromatic rings. The number of nitrogens with zero attached hydrogens (tertiary/aromatic N) is 5. The Bertz CT molecular complexity index is 2390. The molecule has 0 radical (unpaired) electrons. The number of Topliss-reactive ketones (excluding diaryl/α,β-unsaturated/α-hetero) is 4. The first-order valence-corrected chi connectivity index (χ1v) is 30.8. The van der Waals surface area contributed by atoms with Crippen LogP contribution in [0.2, 0.25) is 0 Å². The van der Waals surface area contributed by atoms with Gasteiger partial charge < -0.3 is 47.0 Å². The number of nitrogens with one attached hydrogen (secondary N) is 6. The predicted molar refractivity (Wildman–Crippen MR) is 326 cm³/mol. The first-order chi connectivity index (χ1) is 37.3. The number of nitrogens with two attached hydrogens (primary N) is 5. The van der Waals surface area contributed by atoms with Crippen LogP contribution in [0.25, 0.3) is 11.0 Å². The molecule has 4 rings (SSSR count). The summed E-state index contributed by atoms with van der Waals surface area (Å²) < 4.78 is 15.0. The van der Waals surface area contributed by atoms with E-state index in [1.165, 1.54) is 6.20 Å². The number of fused-ring (bicyclic) bond motifs is 1. The standard InChI is InChI=1S/C18H28N4O.C14H26N4O2.C14H26N4O.C11H27N4O2P/c1-12(2)17(23)15(20-13(3)4)9-7-11-22-16-10-6-5-8-14(16)21-18(22)19;1-9(2)13(20)11(17-10(3)4)6-5-7-18-12(19)8-16-14(18)15;1-10(2)13(19)12(17-11(3)4)6-5-8-18-9-7-16-14(18)15;1-8(2)11(16)10(15-9(3)4)6-5-7-14-18(12,13)17/h5-6,8,10,12-13,15,20H,7,9,11H2,1-4H3,(H2,19,21);8-11,17,19H,5-7H2,1-4H3,(H2,15,16);7,9-12,17H,5-6,8H2,1-4H3,(H2,15,16);8-10,15H,5-7H2,1-4H3,(H5,12,13,14,17)/p+1/t15-;11-;12-;10-/m0000/s1. The summed E-state index contributed by atoms with van der Waals surface area (Å²) in [4.78, 5) is 58.5. The molecule has 3 heterocycles. The molecule has 0 saturated heterocycles. The molecule has 1 aromatic carbocycles. The van der Waals surface area contributed by atoms with Crippen molar-refractivity contribution in [2.24, 2.45) is 34.7 Å². The first-order valence-electron chi connectivity index (χ1n) is 29.0. The van der Waals surface area contributed by atoms with Crippen molar-refractivity contribution in [2.45, 2.75) is 224 Å². The molecule has 2 aromatic heterocycles. The van der Waals surface area contributed by atoms with Crippen molar-refractivity contribution in [1.82, 2.24) is 50.4 Å². The number of aryl methyl sites for hydroxylation is 2. The summed E-state index contributed by atoms with van der Waals surface area (Å²) in [5, 5.41) is 34.7. The SMILES string of the molecule is CC(C)N[C@@H](CCCN1C(=N)[NH2+]C=C1O)C(=O)C(C)C.CC(C)N[C@@H](CCCNP(N)(N)=O)C(=O)C(C)C.CC(C)N[C@@H](CCCn1c(N)nc2ccccc21)C(=O)C(C)C.CC(C)N[C@@H](CCCn1ccnc1N)C(=O)C(C)C. The summed E-state index contributed by atoms with van der Waals surface area (Å²) in [6.45, 7) is 34.3. The summed E-state index contributed by atoms with van der Waals surface area (Å²) in [7, 11) is -3.15. The molecule has 0 unspecified atom stereocenters. The Hall–Kier alpha value is -4.90. The molecule has 4 atom stereocenters. The number of aliphatic hydroxyl groups is 1. The van der Waals surface area contributed by atoms with Gasteiger partial charge in [-0.2, -0.15) is 0 Å². The first kappa shape index (κ1) is 73.1. The Morgan fingerprint density at radius 1 is 0.613 bits per heavy atom. The largest absolute Gasteiger partial charge is 0.491 e. The maximum absolute atomic E-state index is 12.3. The Kier molecular flexibility index (Phi) is 34.0. The molecule has 0 amide bonds. The molecule has 80 heavy (non-hydrogen) atoms. The summed E-state index contributed by atoms with van der Waals surface area (Å²) >= 11 is 0. The summed E-state index contributed by atoms with van der Waals surface area (Å²) in [6.07, 6.45) is 11.3. The van der Waals surface area contributed by atoms with Crippen molar-refractivity contribution in [3.05, 3.63) is 48.7 Å². The van der Waals surface area contributed by atoms with Crippen molar-refractivity contribution in [2.75, 3.05) is 24.6 Å². The van der Waals surface area contributed by atoms with E-state index < -0.39 is 7.59 Å². The third-order valence-electron chi connectivity index (χ3n) is 12.8. The van der Waals surface area contributed by atoms with Gasteiger partial charge in [0.15, 0.2) is 35.3 Å². The zero-order valence-electron chi connectivity index (χ0n) is 51.5. The van der Waals surface area contributed by atoms with Gasteiger partial charge in [-0.1, -0.05) is 123 Å². The van der Waals surface area contributed by atoms with Gasteiger partial charge in [-0.25, -0.2) is 25.4 Å². The fourth-order valence-corrected chi connectivity index (χ4v) is 9.44. The van der Waals surface area contributed by atoms with Crippen LogP contribution < -0.4 is 54.1 Å². The number of quaternary nitrogens is 1. The van der Waals surface area contributed by atoms with Crippen molar-refractivity contribution in [3.63, 3.8) is 0 Å². The minimum absolute atomic E-state index is 0.00400. The van der Waals surface area contributed by atoms with Gasteiger partial charge in [-0.15, -0.1) is 0 Å². The quantitative estimate of drug-likeness (QED) is 0.0234. The van der Waals surface area contributed by atoms with Crippen LogP contribution in [0, 0.1) is 29.1 Å². The molecule has 23 heteroatoms. The number of para-hydroxylation sites is 2. The van der Waals surface area contributed by atoms with E-state index in [1.807, 2.05) is 123 Å². The van der Waals surface area contributed by atoms with Gasteiger partial charge in [0.1, 0.15) is 0 Å². The van der Waals surface area contributed by atoms with E-state index in [0.717, 1.165) is 56.2 Å². The van der Waals surface area contributed by atoms with Gasteiger partial charge in [0.05, 0.1) is 35.2 Å². The second-order valence-corrected chi connectivity index (χ2v) is 25.0. The molecule has 17 N–H and O–H groups in total. The number of aromatic nitrogens is 4. The third-order valence-corrected chi connectivity index (χ3v) is 13.6. The highest BCUT2D eigenvalue weighted by Crippen LogP contribution is 2.20. The van der Waals surface area contributed by atoms with Crippen LogP contribution in [0.1, 0.15) is 162 Å². The smallest absolute Gasteiger partial charge is 0.305 e. The van der Waals surface area contributed by atoms with Crippen LogP contribution in [-0.4, -0.2) is 120 Å².